The Balaban J connectivity index is 1.65. The third kappa shape index (κ3) is 2.35. The van der Waals surface area contributed by atoms with E-state index in [4.69, 9.17) is 15.7 Å². The molecule has 2 N–H and O–H groups in total. The quantitative estimate of drug-likeness (QED) is 0.909. The van der Waals surface area contributed by atoms with E-state index in [1.807, 2.05) is 12.1 Å². The van der Waals surface area contributed by atoms with Gasteiger partial charge in [-0.1, -0.05) is 11.2 Å². The van der Waals surface area contributed by atoms with Crippen LogP contribution in [-0.4, -0.2) is 15.2 Å². The third-order valence-electron chi connectivity index (χ3n) is 3.11. The SMILES string of the molecule is N#CC1(c2ccc(COc3nnc(N)s3)nc2)CC1. The first kappa shape index (κ1) is 11.9. The molecule has 1 aliphatic carbocycles. The molecule has 1 aliphatic rings. The molecule has 19 heavy (non-hydrogen) atoms. The molecule has 96 valence electrons. The van der Waals surface area contributed by atoms with Crippen LogP contribution in [-0.2, 0) is 12.0 Å². The number of nitriles is 1. The van der Waals surface area contributed by atoms with Crippen LogP contribution in [0.5, 0.6) is 5.19 Å². The molecule has 0 aliphatic heterocycles. The first-order chi connectivity index (χ1) is 9.22. The summed E-state index contributed by atoms with van der Waals surface area (Å²) in [6.45, 7) is 0.314. The number of nitrogen functional groups attached to an aromatic ring is 1. The van der Waals surface area contributed by atoms with Gasteiger partial charge in [-0.15, -0.1) is 5.10 Å². The summed E-state index contributed by atoms with van der Waals surface area (Å²) in [6.07, 6.45) is 3.60. The maximum Gasteiger partial charge on any atom is 0.296 e. The van der Waals surface area contributed by atoms with E-state index in [0.29, 0.717) is 16.9 Å². The predicted octanol–water partition coefficient (Wildman–Crippen LogP) is 1.65. The van der Waals surface area contributed by atoms with Crippen molar-refractivity contribution in [3.05, 3.63) is 29.6 Å². The zero-order valence-electron chi connectivity index (χ0n) is 10.0. The number of nitrogens with zero attached hydrogens (tertiary/aromatic N) is 4. The van der Waals surface area contributed by atoms with E-state index >= 15 is 0 Å². The van der Waals surface area contributed by atoms with Crippen molar-refractivity contribution in [1.29, 1.82) is 5.26 Å². The molecular formula is C12H11N5OS. The van der Waals surface area contributed by atoms with E-state index in [2.05, 4.69) is 21.3 Å². The van der Waals surface area contributed by atoms with Crippen molar-refractivity contribution in [3.63, 3.8) is 0 Å². The van der Waals surface area contributed by atoms with Crippen LogP contribution >= 0.6 is 11.3 Å². The Morgan fingerprint density at radius 2 is 2.26 bits per heavy atom. The number of nitrogens with two attached hydrogens (primary N) is 1. The van der Waals surface area contributed by atoms with Crippen molar-refractivity contribution in [2.75, 3.05) is 5.73 Å². The van der Waals surface area contributed by atoms with E-state index in [1.54, 1.807) is 6.20 Å². The van der Waals surface area contributed by atoms with Crippen molar-refractivity contribution < 1.29 is 4.74 Å². The van der Waals surface area contributed by atoms with Gasteiger partial charge < -0.3 is 10.5 Å². The van der Waals surface area contributed by atoms with Crippen molar-refractivity contribution in [3.8, 4) is 11.3 Å². The summed E-state index contributed by atoms with van der Waals surface area (Å²) in [4.78, 5) is 4.30. The normalized spacial score (nSPS) is 15.7. The molecule has 0 unspecified atom stereocenters. The molecular weight excluding hydrogens is 262 g/mol. The number of hydrogen-bond donors (Lipinski definition) is 1. The fourth-order valence-corrected chi connectivity index (χ4v) is 2.26. The highest BCUT2D eigenvalue weighted by molar-refractivity contribution is 7.16. The Morgan fingerprint density at radius 3 is 2.79 bits per heavy atom. The molecule has 1 fully saturated rings. The van der Waals surface area contributed by atoms with Crippen LogP contribution < -0.4 is 10.5 Å². The van der Waals surface area contributed by atoms with Gasteiger partial charge >= 0.3 is 0 Å². The average molecular weight is 273 g/mol. The van der Waals surface area contributed by atoms with Gasteiger partial charge in [0.2, 0.25) is 5.13 Å². The third-order valence-corrected chi connectivity index (χ3v) is 3.77. The van der Waals surface area contributed by atoms with Gasteiger partial charge in [0, 0.05) is 6.20 Å². The van der Waals surface area contributed by atoms with Crippen LogP contribution in [0.1, 0.15) is 24.1 Å². The summed E-state index contributed by atoms with van der Waals surface area (Å²) in [7, 11) is 0. The van der Waals surface area contributed by atoms with Crippen LogP contribution in [0.3, 0.4) is 0 Å². The number of ether oxygens (including phenoxy) is 1. The average Bonchev–Trinajstić information content (AvgIpc) is 3.14. The Labute approximate surface area is 113 Å². The summed E-state index contributed by atoms with van der Waals surface area (Å²) >= 11 is 1.19. The topological polar surface area (TPSA) is 97.7 Å². The molecule has 1 saturated carbocycles. The number of aromatic nitrogens is 3. The second kappa shape index (κ2) is 4.48. The number of hydrogen-bond acceptors (Lipinski definition) is 7. The van der Waals surface area contributed by atoms with Gasteiger partial charge in [-0.3, -0.25) is 4.98 Å². The smallest absolute Gasteiger partial charge is 0.296 e. The summed E-state index contributed by atoms with van der Waals surface area (Å²) in [5.74, 6) is 0. The molecule has 2 aromatic heterocycles. The molecule has 3 rings (SSSR count). The number of pyridine rings is 1. The Bertz CT molecular complexity index is 626. The molecule has 2 heterocycles. The molecule has 0 aromatic carbocycles. The summed E-state index contributed by atoms with van der Waals surface area (Å²) in [6, 6.07) is 6.16. The Hall–Kier alpha value is -2.20. The maximum absolute atomic E-state index is 9.11. The largest absolute Gasteiger partial charge is 0.462 e. The van der Waals surface area contributed by atoms with Crippen molar-refractivity contribution >= 4 is 16.5 Å². The molecule has 0 radical (unpaired) electrons. The minimum Gasteiger partial charge on any atom is -0.462 e. The van der Waals surface area contributed by atoms with Gasteiger partial charge in [0.15, 0.2) is 0 Å². The van der Waals surface area contributed by atoms with Gasteiger partial charge in [-0.05, 0) is 35.8 Å². The summed E-state index contributed by atoms with van der Waals surface area (Å²) in [5.41, 5.74) is 6.93. The summed E-state index contributed by atoms with van der Waals surface area (Å²) < 4.78 is 5.42. The van der Waals surface area contributed by atoms with Gasteiger partial charge in [0.05, 0.1) is 17.2 Å². The van der Waals surface area contributed by atoms with Gasteiger partial charge in [-0.2, -0.15) is 5.26 Å². The van der Waals surface area contributed by atoms with Crippen LogP contribution in [0.15, 0.2) is 18.3 Å². The highest BCUT2D eigenvalue weighted by atomic mass is 32.1. The molecule has 0 amide bonds. The van der Waals surface area contributed by atoms with E-state index in [0.717, 1.165) is 24.1 Å². The fourth-order valence-electron chi connectivity index (χ4n) is 1.80. The number of anilines is 1. The Morgan fingerprint density at radius 1 is 1.42 bits per heavy atom. The lowest BCUT2D eigenvalue weighted by atomic mass is 10.00. The molecule has 0 bridgehead atoms. The van der Waals surface area contributed by atoms with Crippen molar-refractivity contribution in [1.82, 2.24) is 15.2 Å². The summed E-state index contributed by atoms with van der Waals surface area (Å²) in [5, 5.41) is 17.3. The second-order valence-corrected chi connectivity index (χ2v) is 5.40. The minimum absolute atomic E-state index is 0.292. The van der Waals surface area contributed by atoms with Gasteiger partial charge in [-0.25, -0.2) is 0 Å². The minimum atomic E-state index is -0.292. The second-order valence-electron chi connectivity index (χ2n) is 4.43. The zero-order valence-corrected chi connectivity index (χ0v) is 10.9. The van der Waals surface area contributed by atoms with Crippen LogP contribution in [0, 0.1) is 11.3 Å². The standard InChI is InChI=1S/C12H11N5OS/c13-7-12(3-4-12)8-1-2-9(15-5-8)6-18-11-17-16-10(14)19-11/h1-2,5H,3-4,6H2,(H2,14,16). The van der Waals surface area contributed by atoms with Crippen molar-refractivity contribution in [2.45, 2.75) is 24.9 Å². The lowest BCUT2D eigenvalue weighted by molar-refractivity contribution is 0.297. The predicted molar refractivity (Wildman–Crippen MR) is 69.4 cm³/mol. The first-order valence-electron chi connectivity index (χ1n) is 5.80. The monoisotopic (exact) mass is 273 g/mol. The van der Waals surface area contributed by atoms with Gasteiger partial charge in [0.1, 0.15) is 6.61 Å². The number of rotatable bonds is 4. The van der Waals surface area contributed by atoms with E-state index < -0.39 is 0 Å². The Kier molecular flexibility index (Phi) is 2.80. The fraction of sp³-hybridized carbons (Fsp3) is 0.333. The van der Waals surface area contributed by atoms with Crippen LogP contribution in [0.4, 0.5) is 5.13 Å². The highest BCUT2D eigenvalue weighted by Gasteiger charge is 2.45. The van der Waals surface area contributed by atoms with Crippen LogP contribution in [0.2, 0.25) is 0 Å². The van der Waals surface area contributed by atoms with Crippen LogP contribution in [0.25, 0.3) is 0 Å². The molecule has 0 atom stereocenters. The van der Waals surface area contributed by atoms with E-state index in [1.165, 1.54) is 11.3 Å². The zero-order chi connectivity index (χ0) is 13.3. The molecule has 7 heteroatoms. The van der Waals surface area contributed by atoms with Crippen molar-refractivity contribution in [2.24, 2.45) is 0 Å². The molecule has 6 nitrogen and oxygen atoms in total. The first-order valence-corrected chi connectivity index (χ1v) is 6.62. The lowest BCUT2D eigenvalue weighted by Gasteiger charge is -2.06. The molecule has 0 saturated heterocycles. The maximum atomic E-state index is 9.11. The molecule has 2 aromatic rings. The van der Waals surface area contributed by atoms with E-state index in [-0.39, 0.29) is 5.41 Å². The lowest BCUT2D eigenvalue weighted by Crippen LogP contribution is -2.05. The highest BCUT2D eigenvalue weighted by Crippen LogP contribution is 2.47. The molecule has 0 spiro atoms. The van der Waals surface area contributed by atoms with E-state index in [9.17, 15) is 0 Å². The van der Waals surface area contributed by atoms with Gasteiger partial charge in [0.25, 0.3) is 5.19 Å².